The predicted octanol–water partition coefficient (Wildman–Crippen LogP) is 5.36. The molecule has 0 aliphatic rings. The molecule has 3 rings (SSSR count). The van der Waals surface area contributed by atoms with Crippen LogP contribution in [0.15, 0.2) is 39.2 Å². The summed E-state index contributed by atoms with van der Waals surface area (Å²) in [5, 5.41) is 0.951. The van der Waals surface area contributed by atoms with E-state index < -0.39 is 0 Å². The number of hydrogen-bond donors (Lipinski definition) is 0. The second kappa shape index (κ2) is 5.19. The van der Waals surface area contributed by atoms with Gasteiger partial charge in [-0.2, -0.15) is 0 Å². The standard InChI is InChI=1S/C16H13BrO2S/c1-3-12-4-5-14(20-12)15(18)13-8-10-7-11(17)6-9(2)16(10)19-13/h4-8H,3H2,1-2H3. The lowest BCUT2D eigenvalue weighted by Gasteiger charge is -1.95. The van der Waals surface area contributed by atoms with Gasteiger partial charge in [-0.1, -0.05) is 22.9 Å². The number of furan rings is 1. The van der Waals surface area contributed by atoms with Gasteiger partial charge in [-0.15, -0.1) is 11.3 Å². The minimum atomic E-state index is -0.0403. The molecule has 3 aromatic rings. The lowest BCUT2D eigenvalue weighted by atomic mass is 10.1. The maximum Gasteiger partial charge on any atom is 0.238 e. The van der Waals surface area contributed by atoms with E-state index in [9.17, 15) is 4.79 Å². The van der Waals surface area contributed by atoms with E-state index in [1.807, 2.05) is 37.3 Å². The fourth-order valence-corrected chi connectivity index (χ4v) is 3.69. The molecule has 0 N–H and O–H groups in total. The molecule has 0 radical (unpaired) electrons. The summed E-state index contributed by atoms with van der Waals surface area (Å²) in [5.74, 6) is 0.368. The van der Waals surface area contributed by atoms with Crippen molar-refractivity contribution < 1.29 is 9.21 Å². The molecule has 0 saturated heterocycles. The van der Waals surface area contributed by atoms with E-state index in [0.717, 1.165) is 32.3 Å². The summed E-state index contributed by atoms with van der Waals surface area (Å²) >= 11 is 5.00. The molecule has 0 unspecified atom stereocenters. The highest BCUT2D eigenvalue weighted by Gasteiger charge is 2.17. The average Bonchev–Trinajstić information content (AvgIpc) is 3.03. The van der Waals surface area contributed by atoms with E-state index in [2.05, 4.69) is 22.9 Å². The molecule has 20 heavy (non-hydrogen) atoms. The van der Waals surface area contributed by atoms with Crippen molar-refractivity contribution in [3.8, 4) is 0 Å². The molecule has 4 heteroatoms. The number of halogens is 1. The van der Waals surface area contributed by atoms with Crippen LogP contribution in [0.25, 0.3) is 11.0 Å². The SMILES string of the molecule is CCc1ccc(C(=O)c2cc3cc(Br)cc(C)c3o2)s1. The Morgan fingerprint density at radius 3 is 2.80 bits per heavy atom. The van der Waals surface area contributed by atoms with Crippen molar-refractivity contribution >= 4 is 44.0 Å². The minimum absolute atomic E-state index is 0.0403. The summed E-state index contributed by atoms with van der Waals surface area (Å²) in [5.41, 5.74) is 1.80. The van der Waals surface area contributed by atoms with Crippen LogP contribution in [-0.4, -0.2) is 5.78 Å². The molecule has 102 valence electrons. The van der Waals surface area contributed by atoms with E-state index in [1.54, 1.807) is 0 Å². The third kappa shape index (κ3) is 2.34. The van der Waals surface area contributed by atoms with Gasteiger partial charge in [-0.25, -0.2) is 0 Å². The smallest absolute Gasteiger partial charge is 0.238 e. The van der Waals surface area contributed by atoms with Crippen molar-refractivity contribution in [3.63, 3.8) is 0 Å². The highest BCUT2D eigenvalue weighted by atomic mass is 79.9. The second-order valence-corrected chi connectivity index (χ2v) is 6.78. The number of thiophene rings is 1. The van der Waals surface area contributed by atoms with Crippen LogP contribution in [0.4, 0.5) is 0 Å². The molecule has 0 amide bonds. The maximum absolute atomic E-state index is 12.4. The number of aryl methyl sites for hydroxylation is 2. The molecule has 0 aliphatic carbocycles. The molecule has 0 spiro atoms. The maximum atomic E-state index is 12.4. The summed E-state index contributed by atoms with van der Waals surface area (Å²) < 4.78 is 6.74. The summed E-state index contributed by atoms with van der Waals surface area (Å²) in [4.78, 5) is 14.4. The monoisotopic (exact) mass is 348 g/mol. The first-order valence-electron chi connectivity index (χ1n) is 6.41. The van der Waals surface area contributed by atoms with E-state index in [4.69, 9.17) is 4.42 Å². The lowest BCUT2D eigenvalue weighted by Crippen LogP contribution is -1.95. The highest BCUT2D eigenvalue weighted by molar-refractivity contribution is 9.10. The molecule has 0 aliphatic heterocycles. The first-order chi connectivity index (χ1) is 9.58. The van der Waals surface area contributed by atoms with Crippen LogP contribution in [-0.2, 0) is 6.42 Å². The Balaban J connectivity index is 2.05. The summed E-state index contributed by atoms with van der Waals surface area (Å²) in [6.07, 6.45) is 0.949. The van der Waals surface area contributed by atoms with Crippen LogP contribution >= 0.6 is 27.3 Å². The lowest BCUT2D eigenvalue weighted by molar-refractivity contribution is 0.101. The fourth-order valence-electron chi connectivity index (χ4n) is 2.21. The van der Waals surface area contributed by atoms with Gasteiger partial charge in [0.15, 0.2) is 5.76 Å². The van der Waals surface area contributed by atoms with Crippen LogP contribution in [0.5, 0.6) is 0 Å². The average molecular weight is 349 g/mol. The molecule has 0 atom stereocenters. The van der Waals surface area contributed by atoms with Gasteiger partial charge in [0.2, 0.25) is 5.78 Å². The number of rotatable bonds is 3. The molecule has 0 bridgehead atoms. The topological polar surface area (TPSA) is 30.2 Å². The zero-order chi connectivity index (χ0) is 14.3. The molecule has 0 fully saturated rings. The van der Waals surface area contributed by atoms with Gasteiger partial charge >= 0.3 is 0 Å². The zero-order valence-electron chi connectivity index (χ0n) is 11.2. The molecular weight excluding hydrogens is 336 g/mol. The zero-order valence-corrected chi connectivity index (χ0v) is 13.6. The molecule has 1 aromatic carbocycles. The van der Waals surface area contributed by atoms with Crippen molar-refractivity contribution in [2.24, 2.45) is 0 Å². The normalized spacial score (nSPS) is 11.2. The number of ketones is 1. The Morgan fingerprint density at radius 2 is 2.10 bits per heavy atom. The van der Waals surface area contributed by atoms with Gasteiger partial charge in [-0.3, -0.25) is 4.79 Å². The first-order valence-corrected chi connectivity index (χ1v) is 8.02. The van der Waals surface area contributed by atoms with Crippen LogP contribution in [0, 0.1) is 6.92 Å². The van der Waals surface area contributed by atoms with Crippen LogP contribution in [0.1, 0.15) is 32.8 Å². The summed E-state index contributed by atoms with van der Waals surface area (Å²) in [7, 11) is 0. The van der Waals surface area contributed by atoms with Gasteiger partial charge in [0.25, 0.3) is 0 Å². The number of fused-ring (bicyclic) bond motifs is 1. The molecule has 2 aromatic heterocycles. The number of carbonyl (C=O) groups excluding carboxylic acids is 1. The number of hydrogen-bond acceptors (Lipinski definition) is 3. The van der Waals surface area contributed by atoms with Crippen molar-refractivity contribution in [1.82, 2.24) is 0 Å². The van der Waals surface area contributed by atoms with Gasteiger partial charge in [0, 0.05) is 14.7 Å². The van der Waals surface area contributed by atoms with Crippen molar-refractivity contribution in [1.29, 1.82) is 0 Å². The Hall–Kier alpha value is -1.39. The Labute approximate surface area is 129 Å². The van der Waals surface area contributed by atoms with Gasteiger partial charge in [0.05, 0.1) is 4.88 Å². The van der Waals surface area contributed by atoms with Gasteiger partial charge in [-0.05, 0) is 49.2 Å². The van der Waals surface area contributed by atoms with Crippen LogP contribution in [0.3, 0.4) is 0 Å². The highest BCUT2D eigenvalue weighted by Crippen LogP contribution is 2.29. The van der Waals surface area contributed by atoms with Crippen molar-refractivity contribution in [3.05, 3.63) is 55.9 Å². The largest absolute Gasteiger partial charge is 0.452 e. The van der Waals surface area contributed by atoms with E-state index >= 15 is 0 Å². The fraction of sp³-hybridized carbons (Fsp3) is 0.188. The molecule has 2 nitrogen and oxygen atoms in total. The first kappa shape index (κ1) is 13.6. The third-order valence-electron chi connectivity index (χ3n) is 3.22. The van der Waals surface area contributed by atoms with E-state index in [-0.39, 0.29) is 5.78 Å². The number of carbonyl (C=O) groups is 1. The molecular formula is C16H13BrO2S. The van der Waals surface area contributed by atoms with E-state index in [0.29, 0.717) is 5.76 Å². The summed E-state index contributed by atoms with van der Waals surface area (Å²) in [6.45, 7) is 4.06. The Kier molecular flexibility index (Phi) is 3.52. The predicted molar refractivity (Wildman–Crippen MR) is 85.8 cm³/mol. The second-order valence-electron chi connectivity index (χ2n) is 4.70. The Bertz CT molecular complexity index is 798. The Morgan fingerprint density at radius 1 is 1.30 bits per heavy atom. The minimum Gasteiger partial charge on any atom is -0.452 e. The number of benzene rings is 1. The van der Waals surface area contributed by atoms with Gasteiger partial charge in [0.1, 0.15) is 5.58 Å². The summed E-state index contributed by atoms with van der Waals surface area (Å²) in [6, 6.07) is 9.65. The van der Waals surface area contributed by atoms with E-state index in [1.165, 1.54) is 16.2 Å². The van der Waals surface area contributed by atoms with Gasteiger partial charge < -0.3 is 4.42 Å². The van der Waals surface area contributed by atoms with Crippen LogP contribution in [0.2, 0.25) is 0 Å². The van der Waals surface area contributed by atoms with Crippen LogP contribution < -0.4 is 0 Å². The van der Waals surface area contributed by atoms with Crippen molar-refractivity contribution in [2.45, 2.75) is 20.3 Å². The third-order valence-corrected chi connectivity index (χ3v) is 4.91. The quantitative estimate of drug-likeness (QED) is 0.596. The molecule has 2 heterocycles. The molecule has 0 saturated carbocycles. The van der Waals surface area contributed by atoms with Crippen molar-refractivity contribution in [2.75, 3.05) is 0 Å².